The standard InChI is InChI=1S/C15H17N3O3/c1-10-16-13(9-14(19)17-10)18(2)8-7-11-5-3-4-6-12(11)15(20)21/h3-6,9H,7-8H2,1-2H3,(H,20,21)(H,16,17,19). The lowest BCUT2D eigenvalue weighted by Gasteiger charge is -2.18. The summed E-state index contributed by atoms with van der Waals surface area (Å²) in [7, 11) is 1.82. The predicted octanol–water partition coefficient (Wildman–Crippen LogP) is 1.46. The fourth-order valence-corrected chi connectivity index (χ4v) is 2.11. The number of carboxylic acid groups (broad SMARTS) is 1. The minimum atomic E-state index is -0.932. The van der Waals surface area contributed by atoms with Crippen molar-refractivity contribution in [2.75, 3.05) is 18.5 Å². The molecule has 0 aliphatic carbocycles. The summed E-state index contributed by atoms with van der Waals surface area (Å²) in [5, 5.41) is 9.15. The lowest BCUT2D eigenvalue weighted by atomic mass is 10.0. The maximum atomic E-state index is 11.4. The molecule has 0 amide bonds. The first-order valence-electron chi connectivity index (χ1n) is 6.57. The Balaban J connectivity index is 2.13. The van der Waals surface area contributed by atoms with Crippen LogP contribution in [0.4, 0.5) is 5.82 Å². The van der Waals surface area contributed by atoms with E-state index in [4.69, 9.17) is 5.11 Å². The highest BCUT2D eigenvalue weighted by molar-refractivity contribution is 5.89. The Morgan fingerprint density at radius 3 is 2.76 bits per heavy atom. The summed E-state index contributed by atoms with van der Waals surface area (Å²) in [5.74, 6) is 0.192. The van der Waals surface area contributed by atoms with E-state index in [2.05, 4.69) is 9.97 Å². The van der Waals surface area contributed by atoms with E-state index in [1.165, 1.54) is 6.07 Å². The Bertz CT molecular complexity index is 709. The maximum Gasteiger partial charge on any atom is 0.335 e. The van der Waals surface area contributed by atoms with Crippen LogP contribution in [0, 0.1) is 6.92 Å². The van der Waals surface area contributed by atoms with Gasteiger partial charge in [0.2, 0.25) is 0 Å². The van der Waals surface area contributed by atoms with Crippen LogP contribution in [-0.2, 0) is 6.42 Å². The molecule has 0 aliphatic heterocycles. The van der Waals surface area contributed by atoms with Crippen molar-refractivity contribution < 1.29 is 9.90 Å². The van der Waals surface area contributed by atoms with Crippen LogP contribution >= 0.6 is 0 Å². The monoisotopic (exact) mass is 287 g/mol. The number of aromatic nitrogens is 2. The number of hydrogen-bond donors (Lipinski definition) is 2. The zero-order valence-corrected chi connectivity index (χ0v) is 12.0. The van der Waals surface area contributed by atoms with E-state index < -0.39 is 5.97 Å². The van der Waals surface area contributed by atoms with Gasteiger partial charge in [-0.25, -0.2) is 9.78 Å². The first-order valence-corrected chi connectivity index (χ1v) is 6.57. The Hall–Kier alpha value is -2.63. The van der Waals surface area contributed by atoms with Crippen LogP contribution in [0.5, 0.6) is 0 Å². The molecule has 21 heavy (non-hydrogen) atoms. The number of aromatic carboxylic acids is 1. The fourth-order valence-electron chi connectivity index (χ4n) is 2.11. The van der Waals surface area contributed by atoms with Crippen LogP contribution in [0.25, 0.3) is 0 Å². The zero-order chi connectivity index (χ0) is 15.4. The second-order valence-electron chi connectivity index (χ2n) is 4.82. The predicted molar refractivity (Wildman–Crippen MR) is 80.0 cm³/mol. The van der Waals surface area contributed by atoms with Gasteiger partial charge in [-0.05, 0) is 25.0 Å². The van der Waals surface area contributed by atoms with Crippen molar-refractivity contribution in [2.45, 2.75) is 13.3 Å². The number of likely N-dealkylation sites (N-methyl/N-ethyl adjacent to an activating group) is 1. The second-order valence-corrected chi connectivity index (χ2v) is 4.82. The summed E-state index contributed by atoms with van der Waals surface area (Å²) in [6.45, 7) is 2.29. The summed E-state index contributed by atoms with van der Waals surface area (Å²) < 4.78 is 0. The number of benzene rings is 1. The fraction of sp³-hybridized carbons (Fsp3) is 0.267. The molecule has 6 heteroatoms. The van der Waals surface area contributed by atoms with Crippen LogP contribution in [0.1, 0.15) is 21.7 Å². The Labute approximate surface area is 122 Å². The van der Waals surface area contributed by atoms with Gasteiger partial charge in [-0.3, -0.25) is 4.79 Å². The highest BCUT2D eigenvalue weighted by atomic mass is 16.4. The van der Waals surface area contributed by atoms with Crippen LogP contribution in [0.2, 0.25) is 0 Å². The molecule has 0 saturated heterocycles. The van der Waals surface area contributed by atoms with E-state index in [0.717, 1.165) is 5.56 Å². The molecule has 2 aromatic rings. The van der Waals surface area contributed by atoms with Gasteiger partial charge in [-0.2, -0.15) is 0 Å². The van der Waals surface area contributed by atoms with Gasteiger partial charge >= 0.3 is 5.97 Å². The van der Waals surface area contributed by atoms with Crippen molar-refractivity contribution in [3.05, 3.63) is 57.6 Å². The smallest absolute Gasteiger partial charge is 0.335 e. The molecule has 2 rings (SSSR count). The van der Waals surface area contributed by atoms with E-state index in [9.17, 15) is 9.59 Å². The van der Waals surface area contributed by atoms with Gasteiger partial charge in [0.15, 0.2) is 0 Å². The maximum absolute atomic E-state index is 11.4. The molecule has 0 fully saturated rings. The van der Waals surface area contributed by atoms with E-state index in [0.29, 0.717) is 30.2 Å². The molecular weight excluding hydrogens is 270 g/mol. The van der Waals surface area contributed by atoms with Gasteiger partial charge < -0.3 is 15.0 Å². The summed E-state index contributed by atoms with van der Waals surface area (Å²) in [5.41, 5.74) is 0.870. The molecule has 1 aromatic carbocycles. The van der Waals surface area contributed by atoms with E-state index >= 15 is 0 Å². The Kier molecular flexibility index (Phi) is 4.37. The van der Waals surface area contributed by atoms with E-state index in [-0.39, 0.29) is 5.56 Å². The summed E-state index contributed by atoms with van der Waals surface area (Å²) >= 11 is 0. The summed E-state index contributed by atoms with van der Waals surface area (Å²) in [6.07, 6.45) is 0.562. The number of aromatic amines is 1. The van der Waals surface area contributed by atoms with Gasteiger partial charge in [0.05, 0.1) is 5.56 Å². The number of anilines is 1. The molecule has 110 valence electrons. The molecule has 0 aliphatic rings. The van der Waals surface area contributed by atoms with Crippen LogP contribution < -0.4 is 10.5 Å². The average molecular weight is 287 g/mol. The molecule has 0 unspecified atom stereocenters. The molecule has 0 bridgehead atoms. The third-order valence-corrected chi connectivity index (χ3v) is 3.20. The quantitative estimate of drug-likeness (QED) is 0.869. The minimum Gasteiger partial charge on any atom is -0.478 e. The number of nitrogens with one attached hydrogen (secondary N) is 1. The summed E-state index contributed by atoms with van der Waals surface area (Å²) in [6, 6.07) is 8.34. The van der Waals surface area contributed by atoms with Crippen molar-refractivity contribution in [3.63, 3.8) is 0 Å². The van der Waals surface area contributed by atoms with Crippen molar-refractivity contribution in [1.29, 1.82) is 0 Å². The highest BCUT2D eigenvalue weighted by Crippen LogP contribution is 2.12. The first kappa shape index (κ1) is 14.8. The molecular formula is C15H17N3O3. The first-order chi connectivity index (χ1) is 9.97. The van der Waals surface area contributed by atoms with Crippen molar-refractivity contribution in [3.8, 4) is 0 Å². The summed E-state index contributed by atoms with van der Waals surface area (Å²) in [4.78, 5) is 31.3. The van der Waals surface area contributed by atoms with Gasteiger partial charge in [0.25, 0.3) is 5.56 Å². The lowest BCUT2D eigenvalue weighted by molar-refractivity contribution is 0.0695. The molecule has 2 N–H and O–H groups in total. The van der Waals surface area contributed by atoms with Gasteiger partial charge in [0.1, 0.15) is 11.6 Å². The SMILES string of the molecule is Cc1nc(N(C)CCc2ccccc2C(=O)O)cc(=O)[nH]1. The van der Waals surface area contributed by atoms with Gasteiger partial charge in [-0.15, -0.1) is 0 Å². The zero-order valence-electron chi connectivity index (χ0n) is 12.0. The van der Waals surface area contributed by atoms with E-state index in [1.807, 2.05) is 18.0 Å². The molecule has 0 radical (unpaired) electrons. The van der Waals surface area contributed by atoms with Gasteiger partial charge in [-0.1, -0.05) is 18.2 Å². The molecule has 0 saturated carbocycles. The van der Waals surface area contributed by atoms with Gasteiger partial charge in [0, 0.05) is 19.7 Å². The number of hydrogen-bond acceptors (Lipinski definition) is 4. The van der Waals surface area contributed by atoms with E-state index in [1.54, 1.807) is 25.1 Å². The number of aryl methyl sites for hydroxylation is 1. The van der Waals surface area contributed by atoms with Crippen LogP contribution in [0.15, 0.2) is 35.1 Å². The molecule has 0 spiro atoms. The van der Waals surface area contributed by atoms with Crippen molar-refractivity contribution >= 4 is 11.8 Å². The topological polar surface area (TPSA) is 86.3 Å². The number of carbonyl (C=O) groups is 1. The third kappa shape index (κ3) is 3.68. The second kappa shape index (κ2) is 6.21. The van der Waals surface area contributed by atoms with Crippen LogP contribution in [-0.4, -0.2) is 34.6 Å². The molecule has 6 nitrogen and oxygen atoms in total. The third-order valence-electron chi connectivity index (χ3n) is 3.20. The van der Waals surface area contributed by atoms with Crippen molar-refractivity contribution in [2.24, 2.45) is 0 Å². The number of H-pyrrole nitrogens is 1. The minimum absolute atomic E-state index is 0.199. The Morgan fingerprint density at radius 1 is 1.38 bits per heavy atom. The van der Waals surface area contributed by atoms with Crippen LogP contribution in [0.3, 0.4) is 0 Å². The van der Waals surface area contributed by atoms with Crippen molar-refractivity contribution in [1.82, 2.24) is 9.97 Å². The molecule has 1 heterocycles. The highest BCUT2D eigenvalue weighted by Gasteiger charge is 2.10. The molecule has 0 atom stereocenters. The number of rotatable bonds is 5. The average Bonchev–Trinajstić information content (AvgIpc) is 2.43. The number of nitrogens with zero attached hydrogens (tertiary/aromatic N) is 2. The lowest BCUT2D eigenvalue weighted by Crippen LogP contribution is -2.24. The number of carboxylic acids is 1. The molecule has 1 aromatic heterocycles. The Morgan fingerprint density at radius 2 is 2.10 bits per heavy atom. The normalized spacial score (nSPS) is 10.4. The largest absolute Gasteiger partial charge is 0.478 e.